The summed E-state index contributed by atoms with van der Waals surface area (Å²) >= 11 is 0. The van der Waals surface area contributed by atoms with Gasteiger partial charge in [0.2, 0.25) is 0 Å². The third-order valence-corrected chi connectivity index (χ3v) is 5.02. The number of aromatic nitrogens is 1. The van der Waals surface area contributed by atoms with Crippen LogP contribution in [0.25, 0.3) is 22.0 Å². The molecule has 0 saturated heterocycles. The molecule has 4 aromatic rings. The number of ether oxygens (including phenoxy) is 1. The number of esters is 1. The van der Waals surface area contributed by atoms with E-state index in [4.69, 9.17) is 10.5 Å². The van der Waals surface area contributed by atoms with Gasteiger partial charge in [0.1, 0.15) is 11.6 Å². The first kappa shape index (κ1) is 21.9. The lowest BCUT2D eigenvalue weighted by Crippen LogP contribution is -2.14. The largest absolute Gasteiger partial charge is 0.462 e. The maximum absolute atomic E-state index is 14.3. The molecule has 1 heterocycles. The lowest BCUT2D eigenvalue weighted by molar-refractivity contribution is 0.0526. The molecule has 3 aromatic carbocycles. The van der Waals surface area contributed by atoms with Crippen molar-refractivity contribution in [1.29, 1.82) is 0 Å². The lowest BCUT2D eigenvalue weighted by Gasteiger charge is -2.15. The fourth-order valence-corrected chi connectivity index (χ4v) is 3.48. The summed E-state index contributed by atoms with van der Waals surface area (Å²) in [7, 11) is 0. The minimum absolute atomic E-state index is 0.0920. The number of carbonyl (C=O) groups is 2. The van der Waals surface area contributed by atoms with Crippen LogP contribution < -0.4 is 11.1 Å². The average Bonchev–Trinajstić information content (AvgIpc) is 2.80. The second-order valence-electron chi connectivity index (χ2n) is 7.19. The highest BCUT2D eigenvalue weighted by atomic mass is 19.1. The maximum atomic E-state index is 14.3. The molecule has 0 bridgehead atoms. The zero-order chi connectivity index (χ0) is 23.5. The van der Waals surface area contributed by atoms with Crippen molar-refractivity contribution in [3.05, 3.63) is 89.6 Å². The highest BCUT2D eigenvalue weighted by Gasteiger charge is 2.16. The zero-order valence-electron chi connectivity index (χ0n) is 17.6. The molecule has 33 heavy (non-hydrogen) atoms. The number of halogens is 2. The van der Waals surface area contributed by atoms with E-state index in [9.17, 15) is 18.4 Å². The van der Waals surface area contributed by atoms with Crippen LogP contribution >= 0.6 is 0 Å². The summed E-state index contributed by atoms with van der Waals surface area (Å²) in [6.07, 6.45) is 1.31. The molecule has 0 saturated carbocycles. The van der Waals surface area contributed by atoms with Gasteiger partial charge >= 0.3 is 5.97 Å². The number of hydrogen-bond donors (Lipinski definition) is 2. The van der Waals surface area contributed by atoms with Crippen molar-refractivity contribution in [1.82, 2.24) is 4.98 Å². The maximum Gasteiger partial charge on any atom is 0.338 e. The summed E-state index contributed by atoms with van der Waals surface area (Å²) in [4.78, 5) is 28.4. The second kappa shape index (κ2) is 9.04. The number of primary amides is 1. The number of benzene rings is 3. The molecule has 166 valence electrons. The van der Waals surface area contributed by atoms with E-state index in [-0.39, 0.29) is 17.7 Å². The Balaban J connectivity index is 1.81. The van der Waals surface area contributed by atoms with E-state index in [0.29, 0.717) is 33.4 Å². The first-order valence-electron chi connectivity index (χ1n) is 10.1. The summed E-state index contributed by atoms with van der Waals surface area (Å²) in [5, 5.41) is 3.67. The van der Waals surface area contributed by atoms with Crippen molar-refractivity contribution in [3.63, 3.8) is 0 Å². The van der Waals surface area contributed by atoms with Crippen molar-refractivity contribution >= 4 is 34.2 Å². The summed E-state index contributed by atoms with van der Waals surface area (Å²) < 4.78 is 32.9. The van der Waals surface area contributed by atoms with Crippen molar-refractivity contribution in [3.8, 4) is 11.1 Å². The van der Waals surface area contributed by atoms with Crippen molar-refractivity contribution < 1.29 is 23.1 Å². The summed E-state index contributed by atoms with van der Waals surface area (Å²) in [6, 6.07) is 14.6. The molecule has 3 N–H and O–H groups in total. The quantitative estimate of drug-likeness (QED) is 0.396. The van der Waals surface area contributed by atoms with Crippen LogP contribution in [-0.4, -0.2) is 23.5 Å². The number of rotatable bonds is 6. The molecule has 0 radical (unpaired) electrons. The molecule has 1 amide bonds. The molecule has 0 atom stereocenters. The van der Waals surface area contributed by atoms with Gasteiger partial charge in [-0.15, -0.1) is 0 Å². The van der Waals surface area contributed by atoms with Crippen LogP contribution in [0, 0.1) is 11.6 Å². The number of amides is 1. The molecule has 0 fully saturated rings. The van der Waals surface area contributed by atoms with E-state index >= 15 is 0 Å². The Kier molecular flexibility index (Phi) is 5.99. The Morgan fingerprint density at radius 1 is 1.06 bits per heavy atom. The van der Waals surface area contributed by atoms with E-state index in [1.807, 2.05) is 0 Å². The van der Waals surface area contributed by atoms with Crippen molar-refractivity contribution in [2.24, 2.45) is 5.73 Å². The van der Waals surface area contributed by atoms with Gasteiger partial charge in [0.15, 0.2) is 0 Å². The van der Waals surface area contributed by atoms with Gasteiger partial charge in [-0.25, -0.2) is 13.6 Å². The number of hydrogen-bond acceptors (Lipinski definition) is 5. The predicted molar refractivity (Wildman–Crippen MR) is 121 cm³/mol. The smallest absolute Gasteiger partial charge is 0.338 e. The first-order valence-corrected chi connectivity index (χ1v) is 10.1. The number of nitrogens with two attached hydrogens (primary N) is 1. The number of nitrogens with one attached hydrogen (secondary N) is 1. The third-order valence-electron chi connectivity index (χ3n) is 5.02. The predicted octanol–water partition coefficient (Wildman–Crippen LogP) is 5.20. The van der Waals surface area contributed by atoms with Crippen LogP contribution in [-0.2, 0) is 4.74 Å². The van der Waals surface area contributed by atoms with E-state index in [2.05, 4.69) is 10.3 Å². The number of fused-ring (bicyclic) bond motifs is 1. The van der Waals surface area contributed by atoms with Crippen LogP contribution in [0.2, 0.25) is 0 Å². The summed E-state index contributed by atoms with van der Waals surface area (Å²) in [5.74, 6) is -2.31. The van der Waals surface area contributed by atoms with Crippen LogP contribution in [0.3, 0.4) is 0 Å². The second-order valence-corrected chi connectivity index (χ2v) is 7.19. The molecule has 0 aliphatic carbocycles. The molecular weight excluding hydrogens is 428 g/mol. The number of nitrogens with zero attached hydrogens (tertiary/aromatic N) is 1. The van der Waals surface area contributed by atoms with Gasteiger partial charge in [-0.1, -0.05) is 18.2 Å². The van der Waals surface area contributed by atoms with Crippen LogP contribution in [0.4, 0.5) is 20.2 Å². The summed E-state index contributed by atoms with van der Waals surface area (Å²) in [5.41, 5.74) is 7.87. The third kappa shape index (κ3) is 4.50. The van der Waals surface area contributed by atoms with Gasteiger partial charge in [0.25, 0.3) is 5.91 Å². The molecule has 0 aliphatic rings. The highest BCUT2D eigenvalue weighted by Crippen LogP contribution is 2.33. The van der Waals surface area contributed by atoms with Gasteiger partial charge in [-0.2, -0.15) is 0 Å². The van der Waals surface area contributed by atoms with Crippen molar-refractivity contribution in [2.45, 2.75) is 6.92 Å². The molecule has 6 nitrogen and oxygen atoms in total. The minimum Gasteiger partial charge on any atom is -0.462 e. The molecule has 4 rings (SSSR count). The van der Waals surface area contributed by atoms with Crippen LogP contribution in [0.1, 0.15) is 27.6 Å². The van der Waals surface area contributed by atoms with Crippen molar-refractivity contribution in [2.75, 3.05) is 11.9 Å². The highest BCUT2D eigenvalue weighted by molar-refractivity contribution is 6.08. The minimum atomic E-state index is -0.700. The van der Waals surface area contributed by atoms with E-state index in [1.54, 1.807) is 49.4 Å². The molecule has 0 aliphatic heterocycles. The van der Waals surface area contributed by atoms with Gasteiger partial charge < -0.3 is 15.8 Å². The topological polar surface area (TPSA) is 94.3 Å². The van der Waals surface area contributed by atoms with Crippen LogP contribution in [0.5, 0.6) is 0 Å². The average molecular weight is 447 g/mol. The first-order chi connectivity index (χ1) is 15.9. The standard InChI is InChI=1S/C25H19F2N3O3/c1-2-33-25(32)15-4-3-5-17(10-15)30-23-18-8-6-14(19-12-16(26)7-9-21(19)27)11-22(18)29-13-20(23)24(28)31/h3-13H,2H2,1H3,(H2,28,31)(H,29,30). The fraction of sp³-hybridized carbons (Fsp3) is 0.0800. The van der Waals surface area contributed by atoms with E-state index in [1.165, 1.54) is 6.20 Å². The Hall–Kier alpha value is -4.33. The Morgan fingerprint density at radius 2 is 1.88 bits per heavy atom. The number of pyridine rings is 1. The van der Waals surface area contributed by atoms with Gasteiger partial charge in [0.05, 0.1) is 28.9 Å². The molecule has 0 spiro atoms. The molecule has 8 heteroatoms. The zero-order valence-corrected chi connectivity index (χ0v) is 17.6. The number of carbonyl (C=O) groups excluding carboxylic acids is 2. The molecule has 1 aromatic heterocycles. The van der Waals surface area contributed by atoms with Crippen LogP contribution in [0.15, 0.2) is 66.9 Å². The van der Waals surface area contributed by atoms with Gasteiger partial charge in [-0.3, -0.25) is 9.78 Å². The fourth-order valence-electron chi connectivity index (χ4n) is 3.48. The lowest BCUT2D eigenvalue weighted by atomic mass is 10.0. The Morgan fingerprint density at radius 3 is 2.64 bits per heavy atom. The molecular formula is C25H19F2N3O3. The number of anilines is 2. The molecule has 0 unspecified atom stereocenters. The van der Waals surface area contributed by atoms with E-state index < -0.39 is 23.5 Å². The summed E-state index contributed by atoms with van der Waals surface area (Å²) in [6.45, 7) is 1.96. The van der Waals surface area contributed by atoms with E-state index in [0.717, 1.165) is 18.2 Å². The Bertz CT molecular complexity index is 1390. The Labute approximate surface area is 188 Å². The van der Waals surface area contributed by atoms with Gasteiger partial charge in [-0.05, 0) is 55.0 Å². The SMILES string of the molecule is CCOC(=O)c1cccc(Nc2c(C(N)=O)cnc3cc(-c4cc(F)ccc4F)ccc23)c1. The van der Waals surface area contributed by atoms with Gasteiger partial charge in [0, 0.05) is 22.8 Å². The monoisotopic (exact) mass is 447 g/mol. The normalized spacial score (nSPS) is 10.8.